The number of hydrogen-bond donors (Lipinski definition) is 2. The monoisotopic (exact) mass is 326 g/mol. The molecule has 0 unspecified atom stereocenters. The molecule has 0 aromatic heterocycles. The lowest BCUT2D eigenvalue weighted by molar-refractivity contribution is -0.115. The third kappa shape index (κ3) is 6.05. The fourth-order valence-electron chi connectivity index (χ4n) is 2.47. The van der Waals surface area contributed by atoms with E-state index >= 15 is 0 Å². The Labute approximate surface area is 144 Å². The molecule has 0 spiro atoms. The van der Waals surface area contributed by atoms with Crippen LogP contribution in [0, 0.1) is 5.92 Å². The fourth-order valence-corrected chi connectivity index (χ4v) is 2.47. The average Bonchev–Trinajstić information content (AvgIpc) is 2.55. The third-order valence-electron chi connectivity index (χ3n) is 3.56. The molecule has 0 aliphatic carbocycles. The number of nitrogens with one attached hydrogen (secondary N) is 1. The lowest BCUT2D eigenvalue weighted by Gasteiger charge is -2.09. The Morgan fingerprint density at radius 2 is 1.67 bits per heavy atom. The first-order valence-corrected chi connectivity index (χ1v) is 8.37. The third-order valence-corrected chi connectivity index (χ3v) is 3.56. The maximum atomic E-state index is 12.1. The summed E-state index contributed by atoms with van der Waals surface area (Å²) in [6, 6.07) is 15.6. The van der Waals surface area contributed by atoms with Crippen molar-refractivity contribution in [3.63, 3.8) is 0 Å². The molecule has 4 nitrogen and oxygen atoms in total. The van der Waals surface area contributed by atoms with Gasteiger partial charge in [0.15, 0.2) is 0 Å². The number of carbonyl (C=O) groups is 1. The first-order chi connectivity index (χ1) is 11.6. The molecule has 0 aliphatic rings. The Bertz CT molecular complexity index is 634. The molecule has 0 atom stereocenters. The summed E-state index contributed by atoms with van der Waals surface area (Å²) in [4.78, 5) is 12.1. The number of anilines is 1. The number of rotatable bonds is 8. The molecule has 24 heavy (non-hydrogen) atoms. The van der Waals surface area contributed by atoms with Crippen molar-refractivity contribution in [3.05, 3.63) is 59.7 Å². The van der Waals surface area contributed by atoms with Gasteiger partial charge in [-0.25, -0.2) is 0 Å². The Balaban J connectivity index is 1.86. The quantitative estimate of drug-likeness (QED) is 0.781. The average molecular weight is 326 g/mol. The molecule has 0 bridgehead atoms. The number of ether oxygens (including phenoxy) is 1. The standard InChI is InChI=1S/C20H26N2O2/c1-15(2)13-16-3-5-17(6-4-16)14-20(23)22-18-7-9-19(10-8-18)24-12-11-21/h3-10,15H,11-14,21H2,1-2H3,(H,22,23). The first-order valence-electron chi connectivity index (χ1n) is 8.37. The van der Waals surface area contributed by atoms with Crippen LogP contribution in [0.1, 0.15) is 25.0 Å². The predicted molar refractivity (Wildman–Crippen MR) is 98.3 cm³/mol. The van der Waals surface area contributed by atoms with Gasteiger partial charge in [-0.05, 0) is 47.7 Å². The van der Waals surface area contributed by atoms with E-state index in [2.05, 4.69) is 31.3 Å². The molecule has 4 heteroatoms. The summed E-state index contributed by atoms with van der Waals surface area (Å²) in [5.74, 6) is 1.36. The van der Waals surface area contributed by atoms with Gasteiger partial charge in [0, 0.05) is 12.2 Å². The fraction of sp³-hybridized carbons (Fsp3) is 0.350. The van der Waals surface area contributed by atoms with E-state index in [1.54, 1.807) is 0 Å². The van der Waals surface area contributed by atoms with E-state index in [-0.39, 0.29) is 5.91 Å². The molecule has 1 amide bonds. The van der Waals surface area contributed by atoms with Crippen molar-refractivity contribution in [3.8, 4) is 5.75 Å². The van der Waals surface area contributed by atoms with Gasteiger partial charge in [0.2, 0.25) is 5.91 Å². The van der Waals surface area contributed by atoms with E-state index in [0.29, 0.717) is 25.5 Å². The van der Waals surface area contributed by atoms with Crippen LogP contribution in [-0.2, 0) is 17.6 Å². The zero-order chi connectivity index (χ0) is 17.4. The number of amides is 1. The van der Waals surface area contributed by atoms with Gasteiger partial charge in [-0.3, -0.25) is 4.79 Å². The molecule has 0 saturated carbocycles. The lowest BCUT2D eigenvalue weighted by atomic mass is 10.0. The van der Waals surface area contributed by atoms with E-state index < -0.39 is 0 Å². The van der Waals surface area contributed by atoms with Crippen molar-refractivity contribution in [2.75, 3.05) is 18.5 Å². The predicted octanol–water partition coefficient (Wildman–Crippen LogP) is 3.40. The summed E-state index contributed by atoms with van der Waals surface area (Å²) in [7, 11) is 0. The number of carbonyl (C=O) groups excluding carboxylic acids is 1. The van der Waals surface area contributed by atoms with Crippen LogP contribution in [0.15, 0.2) is 48.5 Å². The highest BCUT2D eigenvalue weighted by atomic mass is 16.5. The Kier molecular flexibility index (Phi) is 6.82. The zero-order valence-electron chi connectivity index (χ0n) is 14.4. The Morgan fingerprint density at radius 1 is 1.04 bits per heavy atom. The van der Waals surface area contributed by atoms with Crippen LogP contribution in [0.2, 0.25) is 0 Å². The van der Waals surface area contributed by atoms with Crippen LogP contribution in [0.5, 0.6) is 5.75 Å². The van der Waals surface area contributed by atoms with Crippen LogP contribution < -0.4 is 15.8 Å². The molecule has 128 valence electrons. The van der Waals surface area contributed by atoms with Crippen molar-refractivity contribution in [2.24, 2.45) is 11.7 Å². The van der Waals surface area contributed by atoms with Gasteiger partial charge in [-0.15, -0.1) is 0 Å². The van der Waals surface area contributed by atoms with Crippen molar-refractivity contribution >= 4 is 11.6 Å². The van der Waals surface area contributed by atoms with Gasteiger partial charge >= 0.3 is 0 Å². The first kappa shape index (κ1) is 18.0. The number of nitrogens with two attached hydrogens (primary N) is 1. The van der Waals surface area contributed by atoms with E-state index in [4.69, 9.17) is 10.5 Å². The van der Waals surface area contributed by atoms with E-state index in [9.17, 15) is 4.79 Å². The second-order valence-electron chi connectivity index (χ2n) is 6.30. The molecule has 0 heterocycles. The maximum absolute atomic E-state index is 12.1. The van der Waals surface area contributed by atoms with Crippen LogP contribution in [0.3, 0.4) is 0 Å². The smallest absolute Gasteiger partial charge is 0.228 e. The molecular weight excluding hydrogens is 300 g/mol. The number of benzene rings is 2. The molecule has 2 aromatic rings. The second kappa shape index (κ2) is 9.08. The molecule has 0 saturated heterocycles. The van der Waals surface area contributed by atoms with E-state index in [1.165, 1.54) is 5.56 Å². The molecule has 2 rings (SSSR count). The SMILES string of the molecule is CC(C)Cc1ccc(CC(=O)Nc2ccc(OCCN)cc2)cc1. The van der Waals surface area contributed by atoms with E-state index in [0.717, 1.165) is 23.4 Å². The summed E-state index contributed by atoms with van der Waals surface area (Å²) in [5, 5.41) is 2.90. The van der Waals surface area contributed by atoms with Gasteiger partial charge in [0.05, 0.1) is 6.42 Å². The van der Waals surface area contributed by atoms with Gasteiger partial charge in [0.1, 0.15) is 12.4 Å². The topological polar surface area (TPSA) is 64.3 Å². The summed E-state index contributed by atoms with van der Waals surface area (Å²) >= 11 is 0. The summed E-state index contributed by atoms with van der Waals surface area (Å²) < 4.78 is 5.41. The highest BCUT2D eigenvalue weighted by Crippen LogP contribution is 2.16. The number of hydrogen-bond acceptors (Lipinski definition) is 3. The van der Waals surface area contributed by atoms with Crippen molar-refractivity contribution in [1.82, 2.24) is 0 Å². The largest absolute Gasteiger partial charge is 0.492 e. The van der Waals surface area contributed by atoms with Crippen molar-refractivity contribution in [1.29, 1.82) is 0 Å². The Hall–Kier alpha value is -2.33. The summed E-state index contributed by atoms with van der Waals surface area (Å²) in [5.41, 5.74) is 8.48. The molecular formula is C20H26N2O2. The molecule has 0 aliphatic heterocycles. The van der Waals surface area contributed by atoms with Crippen LogP contribution in [-0.4, -0.2) is 19.1 Å². The summed E-state index contributed by atoms with van der Waals surface area (Å²) in [6.45, 7) is 5.37. The minimum absolute atomic E-state index is 0.0257. The lowest BCUT2D eigenvalue weighted by Crippen LogP contribution is -2.14. The van der Waals surface area contributed by atoms with Gasteiger partial charge in [0.25, 0.3) is 0 Å². The van der Waals surface area contributed by atoms with Crippen molar-refractivity contribution in [2.45, 2.75) is 26.7 Å². The highest BCUT2D eigenvalue weighted by molar-refractivity contribution is 5.92. The van der Waals surface area contributed by atoms with Crippen LogP contribution >= 0.6 is 0 Å². The van der Waals surface area contributed by atoms with Crippen LogP contribution in [0.4, 0.5) is 5.69 Å². The molecule has 0 fully saturated rings. The Morgan fingerprint density at radius 3 is 2.25 bits per heavy atom. The normalized spacial score (nSPS) is 10.7. The van der Waals surface area contributed by atoms with Gasteiger partial charge in [-0.1, -0.05) is 38.1 Å². The van der Waals surface area contributed by atoms with Crippen LogP contribution in [0.25, 0.3) is 0 Å². The minimum Gasteiger partial charge on any atom is -0.492 e. The maximum Gasteiger partial charge on any atom is 0.228 e. The van der Waals surface area contributed by atoms with Crippen molar-refractivity contribution < 1.29 is 9.53 Å². The molecule has 0 radical (unpaired) electrons. The molecule has 3 N–H and O–H groups in total. The zero-order valence-corrected chi connectivity index (χ0v) is 14.4. The van der Waals surface area contributed by atoms with E-state index in [1.807, 2.05) is 36.4 Å². The summed E-state index contributed by atoms with van der Waals surface area (Å²) in [6.07, 6.45) is 1.43. The minimum atomic E-state index is -0.0257. The highest BCUT2D eigenvalue weighted by Gasteiger charge is 2.05. The van der Waals surface area contributed by atoms with Gasteiger partial charge in [-0.2, -0.15) is 0 Å². The second-order valence-corrected chi connectivity index (χ2v) is 6.30. The van der Waals surface area contributed by atoms with Gasteiger partial charge < -0.3 is 15.8 Å². The molecule has 2 aromatic carbocycles.